The van der Waals surface area contributed by atoms with Crippen LogP contribution in [0.3, 0.4) is 0 Å². The van der Waals surface area contributed by atoms with Crippen LogP contribution in [0, 0.1) is 10.1 Å². The van der Waals surface area contributed by atoms with E-state index in [1.807, 2.05) is 0 Å². The zero-order valence-corrected chi connectivity index (χ0v) is 7.98. The molecule has 1 saturated carbocycles. The van der Waals surface area contributed by atoms with Crippen molar-refractivity contribution >= 4 is 5.69 Å². The third-order valence-electron chi connectivity index (χ3n) is 2.69. The molecule has 0 heterocycles. The molecule has 0 aliphatic heterocycles. The van der Waals surface area contributed by atoms with Gasteiger partial charge < -0.3 is 10.8 Å². The van der Waals surface area contributed by atoms with Gasteiger partial charge in [0.25, 0.3) is 11.6 Å². The number of hydrogen-bond donors (Lipinski definition) is 2. The quantitative estimate of drug-likeness (QED) is 0.595. The second-order valence-corrected chi connectivity index (χ2v) is 3.81. The van der Waals surface area contributed by atoms with Crippen molar-refractivity contribution in [1.29, 1.82) is 0 Å². The van der Waals surface area contributed by atoms with Crippen molar-refractivity contribution in [3.05, 3.63) is 33.9 Å². The van der Waals surface area contributed by atoms with Crippen LogP contribution in [0.2, 0.25) is 0 Å². The van der Waals surface area contributed by atoms with Crippen molar-refractivity contribution in [3.8, 4) is 5.75 Å². The predicted octanol–water partition coefficient (Wildman–Crippen LogP) is 1.49. The molecule has 1 aliphatic carbocycles. The summed E-state index contributed by atoms with van der Waals surface area (Å²) in [5.41, 5.74) is 2.52. The van der Waals surface area contributed by atoms with Crippen molar-refractivity contribution in [1.82, 2.24) is 0 Å². The lowest BCUT2D eigenvalue weighted by atomic mass is 10.0. The summed E-state index contributed by atoms with van der Waals surface area (Å²) in [6.07, 6.45) is -0.649. The number of phenols is 1. The maximum Gasteiger partial charge on any atom is 0.274 e. The summed E-state index contributed by atoms with van der Waals surface area (Å²) in [7, 11) is 0. The lowest BCUT2D eigenvalue weighted by molar-refractivity contribution is -0.386. The Balaban J connectivity index is 2.56. The van der Waals surface area contributed by atoms with Crippen LogP contribution in [0.15, 0.2) is 18.2 Å². The second kappa shape index (κ2) is 2.88. The van der Waals surface area contributed by atoms with E-state index in [1.165, 1.54) is 0 Å². The molecule has 3 N–H and O–H groups in total. The SMILES string of the molecule is NC1(c2cc(O)ccc2[N+](=O)[O-])CC1(F)F. The number of rotatable bonds is 2. The Kier molecular flexibility index (Phi) is 1.94. The Morgan fingerprint density at radius 3 is 2.50 bits per heavy atom. The highest BCUT2D eigenvalue weighted by Gasteiger charge is 2.71. The van der Waals surface area contributed by atoms with Gasteiger partial charge in [-0.15, -0.1) is 0 Å². The first-order valence-corrected chi connectivity index (χ1v) is 4.42. The van der Waals surface area contributed by atoms with Crippen molar-refractivity contribution < 1.29 is 18.8 Å². The number of hydrogen-bond acceptors (Lipinski definition) is 4. The number of nitro groups is 1. The molecule has 1 fully saturated rings. The molecule has 0 amide bonds. The van der Waals surface area contributed by atoms with Crippen LogP contribution in [-0.4, -0.2) is 16.0 Å². The number of phenolic OH excluding ortho intramolecular Hbond substituents is 1. The Bertz CT molecular complexity index is 478. The van der Waals surface area contributed by atoms with Gasteiger partial charge in [0.1, 0.15) is 11.3 Å². The Morgan fingerprint density at radius 2 is 2.06 bits per heavy atom. The summed E-state index contributed by atoms with van der Waals surface area (Å²) in [6, 6.07) is 2.94. The monoisotopic (exact) mass is 230 g/mol. The normalized spacial score (nSPS) is 26.4. The third kappa shape index (κ3) is 1.32. The molecule has 86 valence electrons. The maximum atomic E-state index is 13.0. The van der Waals surface area contributed by atoms with Crippen LogP contribution in [0.5, 0.6) is 5.75 Å². The van der Waals surface area contributed by atoms with Gasteiger partial charge >= 0.3 is 0 Å². The first kappa shape index (κ1) is 10.7. The van der Waals surface area contributed by atoms with Crippen molar-refractivity contribution in [2.45, 2.75) is 17.9 Å². The van der Waals surface area contributed by atoms with E-state index in [0.717, 1.165) is 18.2 Å². The van der Waals surface area contributed by atoms with Crippen LogP contribution >= 0.6 is 0 Å². The summed E-state index contributed by atoms with van der Waals surface area (Å²) < 4.78 is 26.0. The van der Waals surface area contributed by atoms with Gasteiger partial charge in [0, 0.05) is 12.5 Å². The van der Waals surface area contributed by atoms with E-state index < -0.39 is 28.5 Å². The van der Waals surface area contributed by atoms with Gasteiger partial charge in [-0.2, -0.15) is 0 Å². The third-order valence-corrected chi connectivity index (χ3v) is 2.69. The summed E-state index contributed by atoms with van der Waals surface area (Å²) in [5.74, 6) is -3.49. The smallest absolute Gasteiger partial charge is 0.274 e. The molecule has 1 aromatic carbocycles. The fraction of sp³-hybridized carbons (Fsp3) is 0.333. The zero-order chi connectivity index (χ0) is 12.1. The fourth-order valence-corrected chi connectivity index (χ4v) is 1.64. The molecular formula is C9H8F2N2O3. The molecule has 1 atom stereocenters. The van der Waals surface area contributed by atoms with E-state index in [1.54, 1.807) is 0 Å². The van der Waals surface area contributed by atoms with Crippen molar-refractivity contribution in [3.63, 3.8) is 0 Å². The van der Waals surface area contributed by atoms with Crippen molar-refractivity contribution in [2.75, 3.05) is 0 Å². The molecule has 0 saturated heterocycles. The van der Waals surface area contributed by atoms with Crippen LogP contribution in [0.4, 0.5) is 14.5 Å². The molecule has 0 aromatic heterocycles. The maximum absolute atomic E-state index is 13.0. The topological polar surface area (TPSA) is 89.4 Å². The summed E-state index contributed by atoms with van der Waals surface area (Å²) in [4.78, 5) is 9.85. The molecule has 0 bridgehead atoms. The number of alkyl halides is 2. The molecule has 7 heteroatoms. The highest BCUT2D eigenvalue weighted by atomic mass is 19.3. The number of nitrogens with zero attached hydrogens (tertiary/aromatic N) is 1. The van der Waals surface area contributed by atoms with Crippen LogP contribution in [0.25, 0.3) is 0 Å². The van der Waals surface area contributed by atoms with Gasteiger partial charge in [0.05, 0.1) is 10.5 Å². The first-order valence-electron chi connectivity index (χ1n) is 4.42. The number of nitrogens with two attached hydrogens (primary N) is 1. The van der Waals surface area contributed by atoms with Gasteiger partial charge in [-0.05, 0) is 12.1 Å². The number of nitro benzene ring substituents is 1. The van der Waals surface area contributed by atoms with Gasteiger partial charge in [0.15, 0.2) is 0 Å². The first-order chi connectivity index (χ1) is 7.28. The Morgan fingerprint density at radius 1 is 1.50 bits per heavy atom. The predicted molar refractivity (Wildman–Crippen MR) is 50.2 cm³/mol. The minimum atomic E-state index is -3.16. The van der Waals surface area contributed by atoms with E-state index >= 15 is 0 Å². The standard InChI is InChI=1S/C9H8F2N2O3/c10-9(11)4-8(9,12)6-3-5(14)1-2-7(6)13(15)16/h1-3,14H,4,12H2. The van der Waals surface area contributed by atoms with Gasteiger partial charge in [-0.1, -0.05) is 0 Å². The van der Waals surface area contributed by atoms with Gasteiger partial charge in [0.2, 0.25) is 0 Å². The Hall–Kier alpha value is -1.76. The minimum absolute atomic E-state index is 0.326. The summed E-state index contributed by atoms with van der Waals surface area (Å²) in [5, 5.41) is 19.8. The van der Waals surface area contributed by atoms with Crippen molar-refractivity contribution in [2.24, 2.45) is 5.73 Å². The summed E-state index contributed by atoms with van der Waals surface area (Å²) in [6.45, 7) is 0. The Labute approximate surface area is 88.6 Å². The molecule has 5 nitrogen and oxygen atoms in total. The number of benzene rings is 1. The molecule has 0 spiro atoms. The summed E-state index contributed by atoms with van der Waals surface area (Å²) >= 11 is 0. The van der Waals surface area contributed by atoms with E-state index in [2.05, 4.69) is 0 Å². The average Bonchev–Trinajstić information content (AvgIpc) is 2.66. The van der Waals surface area contributed by atoms with Gasteiger partial charge in [-0.3, -0.25) is 10.1 Å². The number of halogens is 2. The number of aromatic hydroxyl groups is 1. The van der Waals surface area contributed by atoms with E-state index in [0.29, 0.717) is 0 Å². The lowest BCUT2D eigenvalue weighted by Gasteiger charge is -2.11. The van der Waals surface area contributed by atoms with E-state index in [-0.39, 0.29) is 11.3 Å². The minimum Gasteiger partial charge on any atom is -0.508 e. The van der Waals surface area contributed by atoms with E-state index in [9.17, 15) is 18.9 Å². The highest BCUT2D eigenvalue weighted by Crippen LogP contribution is 2.59. The van der Waals surface area contributed by atoms with E-state index in [4.69, 9.17) is 10.8 Å². The zero-order valence-electron chi connectivity index (χ0n) is 7.98. The molecular weight excluding hydrogens is 222 g/mol. The van der Waals surface area contributed by atoms with Gasteiger partial charge in [-0.25, -0.2) is 8.78 Å². The second-order valence-electron chi connectivity index (χ2n) is 3.81. The van der Waals surface area contributed by atoms with Crippen LogP contribution in [-0.2, 0) is 5.54 Å². The molecule has 1 aromatic rings. The average molecular weight is 230 g/mol. The molecule has 16 heavy (non-hydrogen) atoms. The molecule has 1 unspecified atom stereocenters. The lowest BCUT2D eigenvalue weighted by Crippen LogP contribution is -2.28. The highest BCUT2D eigenvalue weighted by molar-refractivity contribution is 5.53. The van der Waals surface area contributed by atoms with Crippen LogP contribution in [0.1, 0.15) is 12.0 Å². The molecule has 1 aliphatic rings. The fourth-order valence-electron chi connectivity index (χ4n) is 1.64. The van der Waals surface area contributed by atoms with Crippen LogP contribution < -0.4 is 5.73 Å². The molecule has 2 rings (SSSR count). The molecule has 0 radical (unpaired) electrons. The largest absolute Gasteiger partial charge is 0.508 e.